The number of likely N-dealkylation sites (N-methyl/N-ethyl adjacent to an activating group) is 1. The minimum atomic E-state index is -1.38. The quantitative estimate of drug-likeness (QED) is 0.329. The van der Waals surface area contributed by atoms with Gasteiger partial charge in [-0.05, 0) is 24.6 Å². The first-order valence-electron chi connectivity index (χ1n) is 10.9. The first kappa shape index (κ1) is 22.4. The standard InChI is InChI=1S/C23H24N6O4S/c1-3-25-22(32)18-16(30)17(31)23(33-18)29-11-26-15-20(24-2)27-19(28-21(15)29)14-10-9-13(34-14)12-7-5-4-6-8-12/h4-11,16-18,23,30-31H,3H2,1-2H3,(H,25,32)(H,24,27,28). The molecule has 0 bridgehead atoms. The molecule has 4 atom stereocenters. The average Bonchev–Trinajstić information content (AvgIpc) is 3.58. The van der Waals surface area contributed by atoms with Crippen LogP contribution in [0.5, 0.6) is 0 Å². The average molecular weight is 481 g/mol. The third-order valence-corrected chi connectivity index (χ3v) is 6.80. The van der Waals surface area contributed by atoms with Gasteiger partial charge in [-0.25, -0.2) is 15.0 Å². The highest BCUT2D eigenvalue weighted by atomic mass is 32.1. The van der Waals surface area contributed by atoms with Gasteiger partial charge >= 0.3 is 0 Å². The van der Waals surface area contributed by atoms with E-state index in [2.05, 4.69) is 20.6 Å². The van der Waals surface area contributed by atoms with E-state index >= 15 is 0 Å². The van der Waals surface area contributed by atoms with E-state index in [4.69, 9.17) is 9.72 Å². The number of anilines is 1. The Hall–Kier alpha value is -3.38. The fourth-order valence-corrected chi connectivity index (χ4v) is 4.93. The maximum atomic E-state index is 12.3. The highest BCUT2D eigenvalue weighted by Gasteiger charge is 2.47. The van der Waals surface area contributed by atoms with Gasteiger partial charge in [-0.1, -0.05) is 30.3 Å². The van der Waals surface area contributed by atoms with Crippen molar-refractivity contribution in [1.29, 1.82) is 0 Å². The molecule has 176 valence electrons. The number of aliphatic hydroxyl groups excluding tert-OH is 2. The molecule has 1 amide bonds. The van der Waals surface area contributed by atoms with Crippen molar-refractivity contribution in [2.45, 2.75) is 31.5 Å². The lowest BCUT2D eigenvalue weighted by Gasteiger charge is -2.16. The van der Waals surface area contributed by atoms with Crippen LogP contribution in [-0.2, 0) is 9.53 Å². The molecular formula is C23H24N6O4S. The molecule has 1 saturated heterocycles. The minimum absolute atomic E-state index is 0.383. The highest BCUT2D eigenvalue weighted by molar-refractivity contribution is 7.18. The molecule has 1 fully saturated rings. The van der Waals surface area contributed by atoms with Gasteiger partial charge in [0.25, 0.3) is 5.91 Å². The maximum absolute atomic E-state index is 12.3. The number of nitrogens with zero attached hydrogens (tertiary/aromatic N) is 4. The minimum Gasteiger partial charge on any atom is -0.387 e. The van der Waals surface area contributed by atoms with Crippen LogP contribution in [0.2, 0.25) is 0 Å². The van der Waals surface area contributed by atoms with Crippen LogP contribution in [0.3, 0.4) is 0 Å². The molecule has 0 radical (unpaired) electrons. The lowest BCUT2D eigenvalue weighted by molar-refractivity contribution is -0.137. The van der Waals surface area contributed by atoms with Crippen molar-refractivity contribution >= 4 is 34.2 Å². The van der Waals surface area contributed by atoms with Crippen LogP contribution >= 0.6 is 11.3 Å². The molecular weight excluding hydrogens is 456 g/mol. The van der Waals surface area contributed by atoms with Gasteiger partial charge in [-0.15, -0.1) is 11.3 Å². The van der Waals surface area contributed by atoms with Crippen LogP contribution in [-0.4, -0.2) is 67.5 Å². The third-order valence-electron chi connectivity index (χ3n) is 5.66. The van der Waals surface area contributed by atoms with Gasteiger partial charge in [0.2, 0.25) is 0 Å². The topological polar surface area (TPSA) is 134 Å². The fourth-order valence-electron chi connectivity index (χ4n) is 3.98. The van der Waals surface area contributed by atoms with Crippen molar-refractivity contribution in [1.82, 2.24) is 24.8 Å². The van der Waals surface area contributed by atoms with E-state index in [1.807, 2.05) is 42.5 Å². The molecule has 0 saturated carbocycles. The molecule has 0 spiro atoms. The summed E-state index contributed by atoms with van der Waals surface area (Å²) in [5, 5.41) is 26.7. The Bertz CT molecular complexity index is 1320. The van der Waals surface area contributed by atoms with Crippen LogP contribution in [0, 0.1) is 0 Å². The molecule has 34 heavy (non-hydrogen) atoms. The number of ether oxygens (including phenoxy) is 1. The number of aromatic nitrogens is 4. The molecule has 4 unspecified atom stereocenters. The van der Waals surface area contributed by atoms with E-state index in [-0.39, 0.29) is 0 Å². The molecule has 11 heteroatoms. The van der Waals surface area contributed by atoms with Gasteiger partial charge in [0.05, 0.1) is 11.2 Å². The van der Waals surface area contributed by atoms with Crippen molar-refractivity contribution in [3.8, 4) is 21.1 Å². The van der Waals surface area contributed by atoms with Gasteiger partial charge in [0.1, 0.15) is 12.2 Å². The van der Waals surface area contributed by atoms with Crippen LogP contribution in [0.1, 0.15) is 13.2 Å². The number of rotatable bonds is 6. The first-order chi connectivity index (χ1) is 16.5. The number of amides is 1. The number of carbonyl (C=O) groups is 1. The second-order valence-electron chi connectivity index (χ2n) is 7.82. The lowest BCUT2D eigenvalue weighted by atomic mass is 10.1. The number of aliphatic hydroxyl groups is 2. The van der Waals surface area contributed by atoms with Gasteiger partial charge in [-0.3, -0.25) is 9.36 Å². The molecule has 5 rings (SSSR count). The summed E-state index contributed by atoms with van der Waals surface area (Å²) in [5.74, 6) is 0.514. The number of hydrogen-bond acceptors (Lipinski definition) is 9. The molecule has 4 aromatic rings. The Morgan fingerprint density at radius 1 is 1.12 bits per heavy atom. The zero-order valence-electron chi connectivity index (χ0n) is 18.5. The molecule has 3 aromatic heterocycles. The Labute approximate surface area is 199 Å². The highest BCUT2D eigenvalue weighted by Crippen LogP contribution is 2.36. The van der Waals surface area contributed by atoms with Gasteiger partial charge in [0.15, 0.2) is 35.1 Å². The van der Waals surface area contributed by atoms with Crippen molar-refractivity contribution in [3.63, 3.8) is 0 Å². The molecule has 4 N–H and O–H groups in total. The Balaban J connectivity index is 1.54. The maximum Gasteiger partial charge on any atom is 0.252 e. The van der Waals surface area contributed by atoms with Crippen LogP contribution < -0.4 is 10.6 Å². The molecule has 1 aliphatic heterocycles. The summed E-state index contributed by atoms with van der Waals surface area (Å²) in [6.45, 7) is 2.15. The first-order valence-corrected chi connectivity index (χ1v) is 11.7. The summed E-state index contributed by atoms with van der Waals surface area (Å²) >= 11 is 1.56. The van der Waals surface area contributed by atoms with Crippen molar-refractivity contribution < 1.29 is 19.7 Å². The summed E-state index contributed by atoms with van der Waals surface area (Å²) in [5.41, 5.74) is 2.00. The van der Waals surface area contributed by atoms with E-state index in [1.165, 1.54) is 10.9 Å². The number of hydrogen-bond donors (Lipinski definition) is 4. The molecule has 4 heterocycles. The summed E-state index contributed by atoms with van der Waals surface area (Å²) in [6, 6.07) is 14.0. The number of thiophene rings is 1. The largest absolute Gasteiger partial charge is 0.387 e. The van der Waals surface area contributed by atoms with Crippen molar-refractivity contribution in [3.05, 3.63) is 48.8 Å². The van der Waals surface area contributed by atoms with E-state index in [0.29, 0.717) is 29.4 Å². The number of fused-ring (bicyclic) bond motifs is 1. The van der Waals surface area contributed by atoms with Gasteiger partial charge < -0.3 is 25.6 Å². The Morgan fingerprint density at radius 2 is 1.88 bits per heavy atom. The summed E-state index contributed by atoms with van der Waals surface area (Å²) in [4.78, 5) is 28.0. The smallest absolute Gasteiger partial charge is 0.252 e. The molecule has 1 aliphatic rings. The van der Waals surface area contributed by atoms with Crippen LogP contribution in [0.25, 0.3) is 32.3 Å². The molecule has 0 aliphatic carbocycles. The Morgan fingerprint density at radius 3 is 2.62 bits per heavy atom. The molecule has 10 nitrogen and oxygen atoms in total. The number of benzene rings is 1. The predicted molar refractivity (Wildman–Crippen MR) is 128 cm³/mol. The second kappa shape index (κ2) is 9.11. The van der Waals surface area contributed by atoms with Crippen LogP contribution in [0.4, 0.5) is 5.82 Å². The van der Waals surface area contributed by atoms with Crippen molar-refractivity contribution in [2.75, 3.05) is 18.9 Å². The van der Waals surface area contributed by atoms with Crippen molar-refractivity contribution in [2.24, 2.45) is 0 Å². The second-order valence-corrected chi connectivity index (χ2v) is 8.91. The summed E-state index contributed by atoms with van der Waals surface area (Å²) < 4.78 is 7.29. The lowest BCUT2D eigenvalue weighted by Crippen LogP contribution is -2.42. The van der Waals surface area contributed by atoms with E-state index in [9.17, 15) is 15.0 Å². The zero-order valence-corrected chi connectivity index (χ0v) is 19.4. The summed E-state index contributed by atoms with van der Waals surface area (Å²) in [7, 11) is 1.74. The van der Waals surface area contributed by atoms with Crippen LogP contribution in [0.15, 0.2) is 48.8 Å². The summed E-state index contributed by atoms with van der Waals surface area (Å²) in [6.07, 6.45) is -3.50. The number of nitrogens with one attached hydrogen (secondary N) is 2. The zero-order chi connectivity index (χ0) is 23.8. The van der Waals surface area contributed by atoms with Gasteiger partial charge in [-0.2, -0.15) is 0 Å². The predicted octanol–water partition coefficient (Wildman–Crippen LogP) is 2.02. The fraction of sp³-hybridized carbons (Fsp3) is 0.304. The van der Waals surface area contributed by atoms with E-state index in [0.717, 1.165) is 15.3 Å². The third kappa shape index (κ3) is 3.82. The monoisotopic (exact) mass is 480 g/mol. The Kier molecular flexibility index (Phi) is 6.00. The van der Waals surface area contributed by atoms with E-state index in [1.54, 1.807) is 25.3 Å². The number of imidazole rings is 1. The van der Waals surface area contributed by atoms with Gasteiger partial charge in [0, 0.05) is 18.5 Å². The SMILES string of the molecule is CCNC(=O)C1OC(n2cnc3c(NC)nc(-c4ccc(-c5ccccc5)s4)nc32)C(O)C1O. The number of carbonyl (C=O) groups excluding carboxylic acids is 1. The van der Waals surface area contributed by atoms with E-state index < -0.39 is 30.4 Å². The normalized spacial score (nSPS) is 22.2. The molecule has 1 aromatic carbocycles.